The van der Waals surface area contributed by atoms with E-state index in [4.69, 9.17) is 9.47 Å². The zero-order valence-electron chi connectivity index (χ0n) is 17.9. The van der Waals surface area contributed by atoms with Crippen LogP contribution in [-0.2, 0) is 22.7 Å². The van der Waals surface area contributed by atoms with E-state index in [-0.39, 0.29) is 11.9 Å². The van der Waals surface area contributed by atoms with Crippen LogP contribution in [0.5, 0.6) is 5.75 Å². The maximum atomic E-state index is 12.1. The van der Waals surface area contributed by atoms with E-state index < -0.39 is 0 Å². The van der Waals surface area contributed by atoms with Crippen molar-refractivity contribution >= 4 is 27.6 Å². The van der Waals surface area contributed by atoms with Crippen molar-refractivity contribution in [1.29, 1.82) is 0 Å². The van der Waals surface area contributed by atoms with Gasteiger partial charge >= 0.3 is 5.97 Å². The lowest BCUT2D eigenvalue weighted by Gasteiger charge is -2.16. The van der Waals surface area contributed by atoms with E-state index in [1.54, 1.807) is 0 Å². The minimum atomic E-state index is -0.225. The summed E-state index contributed by atoms with van der Waals surface area (Å²) in [6.45, 7) is 5.38. The standard InChI is InChI=1S/C26H28BrNO3/c1-3-24(26(29)30-4-2)20-10-13-23(14-11-20)28-17-21-16-22(27)12-15-25(21)31-18-19-8-6-5-7-9-19/h5-16,24,28H,3-4,17-18H2,1-2H3. The third-order valence-corrected chi connectivity index (χ3v) is 5.53. The molecule has 0 amide bonds. The van der Waals surface area contributed by atoms with E-state index in [0.717, 1.165) is 32.6 Å². The number of nitrogens with one attached hydrogen (secondary N) is 1. The first-order valence-electron chi connectivity index (χ1n) is 10.6. The molecule has 0 aliphatic rings. The summed E-state index contributed by atoms with van der Waals surface area (Å²) in [5.41, 5.74) is 4.15. The van der Waals surface area contributed by atoms with Crippen LogP contribution in [0.15, 0.2) is 77.3 Å². The molecule has 5 heteroatoms. The maximum Gasteiger partial charge on any atom is 0.313 e. The third kappa shape index (κ3) is 6.59. The van der Waals surface area contributed by atoms with Gasteiger partial charge in [-0.05, 0) is 54.8 Å². The van der Waals surface area contributed by atoms with Gasteiger partial charge in [0.25, 0.3) is 0 Å². The van der Waals surface area contributed by atoms with Crippen LogP contribution in [0.25, 0.3) is 0 Å². The van der Waals surface area contributed by atoms with Crippen LogP contribution in [0.2, 0.25) is 0 Å². The van der Waals surface area contributed by atoms with Crippen LogP contribution in [0.1, 0.15) is 42.9 Å². The molecule has 0 saturated heterocycles. The predicted octanol–water partition coefficient (Wildman–Crippen LogP) is 6.70. The molecule has 0 aliphatic carbocycles. The first-order valence-corrected chi connectivity index (χ1v) is 11.4. The van der Waals surface area contributed by atoms with Gasteiger partial charge in [-0.2, -0.15) is 0 Å². The second-order valence-electron chi connectivity index (χ2n) is 7.21. The molecule has 0 saturated carbocycles. The van der Waals surface area contributed by atoms with Gasteiger partial charge in [-0.3, -0.25) is 4.79 Å². The molecule has 3 rings (SSSR count). The molecule has 0 aromatic heterocycles. The molecule has 0 bridgehead atoms. The number of hydrogen-bond donors (Lipinski definition) is 1. The van der Waals surface area contributed by atoms with Crippen LogP contribution < -0.4 is 10.1 Å². The topological polar surface area (TPSA) is 47.6 Å². The zero-order valence-corrected chi connectivity index (χ0v) is 19.5. The Balaban J connectivity index is 1.65. The minimum Gasteiger partial charge on any atom is -0.489 e. The predicted molar refractivity (Wildman–Crippen MR) is 128 cm³/mol. The molecule has 0 heterocycles. The average Bonchev–Trinajstić information content (AvgIpc) is 2.79. The molecule has 1 N–H and O–H groups in total. The summed E-state index contributed by atoms with van der Waals surface area (Å²) >= 11 is 3.55. The molecular weight excluding hydrogens is 454 g/mol. The maximum absolute atomic E-state index is 12.1. The second kappa shape index (κ2) is 11.6. The zero-order chi connectivity index (χ0) is 22.1. The Morgan fingerprint density at radius 2 is 1.74 bits per heavy atom. The van der Waals surface area contributed by atoms with Crippen molar-refractivity contribution in [2.45, 2.75) is 39.3 Å². The Morgan fingerprint density at radius 3 is 2.42 bits per heavy atom. The molecule has 1 unspecified atom stereocenters. The SMILES string of the molecule is CCOC(=O)C(CC)c1ccc(NCc2cc(Br)ccc2OCc2ccccc2)cc1. The lowest BCUT2D eigenvalue weighted by atomic mass is 9.96. The van der Waals surface area contributed by atoms with Crippen molar-refractivity contribution in [1.82, 2.24) is 0 Å². The van der Waals surface area contributed by atoms with E-state index >= 15 is 0 Å². The monoisotopic (exact) mass is 481 g/mol. The highest BCUT2D eigenvalue weighted by Crippen LogP contribution is 2.26. The quantitative estimate of drug-likeness (QED) is 0.327. The molecule has 0 aliphatic heterocycles. The number of ether oxygens (including phenoxy) is 2. The van der Waals surface area contributed by atoms with E-state index in [9.17, 15) is 4.79 Å². The summed E-state index contributed by atoms with van der Waals surface area (Å²) < 4.78 is 12.3. The Hall–Kier alpha value is -2.79. The normalized spacial score (nSPS) is 11.6. The molecular formula is C26H28BrNO3. The largest absolute Gasteiger partial charge is 0.489 e. The van der Waals surface area contributed by atoms with Crippen LogP contribution in [0, 0.1) is 0 Å². The molecule has 3 aromatic rings. The number of rotatable bonds is 10. The molecule has 3 aromatic carbocycles. The Labute approximate surface area is 192 Å². The van der Waals surface area contributed by atoms with E-state index in [0.29, 0.717) is 26.2 Å². The third-order valence-electron chi connectivity index (χ3n) is 5.04. The van der Waals surface area contributed by atoms with Gasteiger partial charge in [0, 0.05) is 22.3 Å². The summed E-state index contributed by atoms with van der Waals surface area (Å²) in [4.78, 5) is 12.1. The Morgan fingerprint density at radius 1 is 1.00 bits per heavy atom. The summed E-state index contributed by atoms with van der Waals surface area (Å²) in [6.07, 6.45) is 0.714. The number of halogens is 1. The molecule has 0 radical (unpaired) electrons. The van der Waals surface area contributed by atoms with Gasteiger partial charge in [0.05, 0.1) is 12.5 Å². The summed E-state index contributed by atoms with van der Waals surface area (Å²) in [5, 5.41) is 3.45. The van der Waals surface area contributed by atoms with Gasteiger partial charge in [-0.15, -0.1) is 0 Å². The number of benzene rings is 3. The van der Waals surface area contributed by atoms with Crippen LogP contribution in [0.4, 0.5) is 5.69 Å². The Bertz CT molecular complexity index is 974. The smallest absolute Gasteiger partial charge is 0.313 e. The number of carbonyl (C=O) groups excluding carboxylic acids is 1. The van der Waals surface area contributed by atoms with Crippen molar-refractivity contribution in [3.8, 4) is 5.75 Å². The number of anilines is 1. The van der Waals surface area contributed by atoms with E-state index in [1.807, 2.05) is 68.4 Å². The van der Waals surface area contributed by atoms with Crippen molar-refractivity contribution < 1.29 is 14.3 Å². The molecule has 0 spiro atoms. The summed E-state index contributed by atoms with van der Waals surface area (Å²) in [6, 6.07) is 24.1. The fraction of sp³-hybridized carbons (Fsp3) is 0.269. The van der Waals surface area contributed by atoms with Crippen molar-refractivity contribution in [3.63, 3.8) is 0 Å². The first-order chi connectivity index (χ1) is 15.1. The van der Waals surface area contributed by atoms with E-state index in [2.05, 4.69) is 39.4 Å². The highest BCUT2D eigenvalue weighted by molar-refractivity contribution is 9.10. The minimum absolute atomic E-state index is 0.167. The highest BCUT2D eigenvalue weighted by Gasteiger charge is 2.19. The van der Waals surface area contributed by atoms with Gasteiger partial charge < -0.3 is 14.8 Å². The molecule has 0 fully saturated rings. The van der Waals surface area contributed by atoms with Gasteiger partial charge in [0.1, 0.15) is 12.4 Å². The summed E-state index contributed by atoms with van der Waals surface area (Å²) in [5.74, 6) is 0.460. The van der Waals surface area contributed by atoms with Crippen molar-refractivity contribution in [3.05, 3.63) is 94.0 Å². The average molecular weight is 482 g/mol. The molecule has 1 atom stereocenters. The van der Waals surface area contributed by atoms with Crippen LogP contribution >= 0.6 is 15.9 Å². The highest BCUT2D eigenvalue weighted by atomic mass is 79.9. The fourth-order valence-electron chi connectivity index (χ4n) is 3.37. The Kier molecular flexibility index (Phi) is 8.53. The molecule has 31 heavy (non-hydrogen) atoms. The molecule has 4 nitrogen and oxygen atoms in total. The van der Waals surface area contributed by atoms with E-state index in [1.165, 1.54) is 0 Å². The number of carbonyl (C=O) groups is 1. The van der Waals surface area contributed by atoms with Gasteiger partial charge in [0.15, 0.2) is 0 Å². The second-order valence-corrected chi connectivity index (χ2v) is 8.13. The fourth-order valence-corrected chi connectivity index (χ4v) is 3.78. The lowest BCUT2D eigenvalue weighted by molar-refractivity contribution is -0.145. The summed E-state index contributed by atoms with van der Waals surface area (Å²) in [7, 11) is 0. The van der Waals surface area contributed by atoms with Crippen molar-refractivity contribution in [2.75, 3.05) is 11.9 Å². The van der Waals surface area contributed by atoms with Crippen LogP contribution in [0.3, 0.4) is 0 Å². The van der Waals surface area contributed by atoms with Gasteiger partial charge in [-0.25, -0.2) is 0 Å². The molecule has 162 valence electrons. The van der Waals surface area contributed by atoms with Crippen molar-refractivity contribution in [2.24, 2.45) is 0 Å². The number of hydrogen-bond acceptors (Lipinski definition) is 4. The number of esters is 1. The van der Waals surface area contributed by atoms with Gasteiger partial charge in [-0.1, -0.05) is 65.3 Å². The van der Waals surface area contributed by atoms with Gasteiger partial charge in [0.2, 0.25) is 0 Å². The lowest BCUT2D eigenvalue weighted by Crippen LogP contribution is -2.15. The van der Waals surface area contributed by atoms with Crippen LogP contribution in [-0.4, -0.2) is 12.6 Å². The first kappa shape index (κ1) is 22.9.